The maximum atomic E-state index is 11.4. The van der Waals surface area contributed by atoms with E-state index in [1.165, 1.54) is 10.7 Å². The predicted octanol–water partition coefficient (Wildman–Crippen LogP) is 2.01. The van der Waals surface area contributed by atoms with Crippen molar-refractivity contribution in [3.05, 3.63) is 58.0 Å². The fourth-order valence-corrected chi connectivity index (χ4v) is 1.65. The molecule has 0 aliphatic carbocycles. The largest absolute Gasteiger partial charge is 0.383 e. The van der Waals surface area contributed by atoms with Crippen LogP contribution in [0.1, 0.15) is 0 Å². The van der Waals surface area contributed by atoms with E-state index >= 15 is 0 Å². The van der Waals surface area contributed by atoms with Gasteiger partial charge in [0.05, 0.1) is 6.54 Å². The molecule has 0 saturated carbocycles. The van der Waals surface area contributed by atoms with Gasteiger partial charge < -0.3 is 5.32 Å². The number of nitrogens with one attached hydrogen (secondary N) is 1. The molecule has 0 atom stereocenters. The minimum Gasteiger partial charge on any atom is -0.383 e. The van der Waals surface area contributed by atoms with Crippen molar-refractivity contribution in [2.24, 2.45) is 0 Å². The summed E-state index contributed by atoms with van der Waals surface area (Å²) in [6.07, 6.45) is 1.60. The van der Waals surface area contributed by atoms with Crippen molar-refractivity contribution in [1.29, 1.82) is 0 Å². The summed E-state index contributed by atoms with van der Waals surface area (Å²) in [4.78, 5) is 11.4. The Balaban J connectivity index is 1.92. The summed E-state index contributed by atoms with van der Waals surface area (Å²) in [6.45, 7) is 1.14. The van der Waals surface area contributed by atoms with Gasteiger partial charge in [-0.15, -0.1) is 0 Å². The van der Waals surface area contributed by atoms with Crippen LogP contribution in [-0.2, 0) is 6.54 Å². The Bertz CT molecular complexity index is 553. The quantitative estimate of drug-likeness (QED) is 0.902. The Hall–Kier alpha value is -1.81. The Kier molecular flexibility index (Phi) is 3.77. The zero-order valence-electron chi connectivity index (χ0n) is 9.14. The van der Waals surface area contributed by atoms with E-state index < -0.39 is 0 Å². The van der Waals surface area contributed by atoms with E-state index in [0.717, 1.165) is 5.69 Å². The minimum atomic E-state index is -0.0969. The lowest BCUT2D eigenvalue weighted by atomic mass is 10.3. The van der Waals surface area contributed by atoms with E-state index in [1.807, 2.05) is 24.3 Å². The van der Waals surface area contributed by atoms with Crippen molar-refractivity contribution < 1.29 is 0 Å². The van der Waals surface area contributed by atoms with Gasteiger partial charge in [-0.05, 0) is 24.3 Å². The number of hydrogen-bond donors (Lipinski definition) is 1. The highest BCUT2D eigenvalue weighted by Gasteiger charge is 1.96. The van der Waals surface area contributed by atoms with E-state index in [9.17, 15) is 4.79 Å². The average Bonchev–Trinajstić information content (AvgIpc) is 2.32. The molecule has 0 spiro atoms. The van der Waals surface area contributed by atoms with Crippen LogP contribution < -0.4 is 10.9 Å². The summed E-state index contributed by atoms with van der Waals surface area (Å²) < 4.78 is 1.41. The van der Waals surface area contributed by atoms with Crippen molar-refractivity contribution in [3.63, 3.8) is 0 Å². The predicted molar refractivity (Wildman–Crippen MR) is 68.4 cm³/mol. The van der Waals surface area contributed by atoms with Gasteiger partial charge in [-0.2, -0.15) is 5.10 Å². The molecular weight excluding hydrogens is 238 g/mol. The van der Waals surface area contributed by atoms with Crippen LogP contribution in [0.2, 0.25) is 5.02 Å². The first-order valence-electron chi connectivity index (χ1n) is 5.27. The van der Waals surface area contributed by atoms with E-state index in [0.29, 0.717) is 18.1 Å². The highest BCUT2D eigenvalue weighted by Crippen LogP contribution is 2.14. The summed E-state index contributed by atoms with van der Waals surface area (Å²) in [6, 6.07) is 10.6. The number of halogens is 1. The Labute approximate surface area is 104 Å². The molecule has 0 bridgehead atoms. The van der Waals surface area contributed by atoms with Gasteiger partial charge in [-0.3, -0.25) is 4.79 Å². The second-order valence-corrected chi connectivity index (χ2v) is 3.96. The molecule has 0 fully saturated rings. The molecule has 2 rings (SSSR count). The lowest BCUT2D eigenvalue weighted by Crippen LogP contribution is -2.24. The maximum absolute atomic E-state index is 11.4. The SMILES string of the molecule is O=c1cccnn1CCNc1cccc(Cl)c1. The first-order valence-corrected chi connectivity index (χ1v) is 5.65. The fourth-order valence-electron chi connectivity index (χ4n) is 1.46. The van der Waals surface area contributed by atoms with Gasteiger partial charge in [0.15, 0.2) is 0 Å². The first-order chi connectivity index (χ1) is 8.25. The smallest absolute Gasteiger partial charge is 0.266 e. The van der Waals surface area contributed by atoms with E-state index in [1.54, 1.807) is 12.3 Å². The van der Waals surface area contributed by atoms with Crippen molar-refractivity contribution in [1.82, 2.24) is 9.78 Å². The second-order valence-electron chi connectivity index (χ2n) is 3.52. The van der Waals surface area contributed by atoms with E-state index in [4.69, 9.17) is 11.6 Å². The molecule has 0 unspecified atom stereocenters. The van der Waals surface area contributed by atoms with Gasteiger partial charge in [0, 0.05) is 29.5 Å². The second kappa shape index (κ2) is 5.50. The molecule has 1 heterocycles. The first kappa shape index (κ1) is 11.7. The highest BCUT2D eigenvalue weighted by atomic mass is 35.5. The van der Waals surface area contributed by atoms with Crippen molar-refractivity contribution in [2.45, 2.75) is 6.54 Å². The fraction of sp³-hybridized carbons (Fsp3) is 0.167. The summed E-state index contributed by atoms with van der Waals surface area (Å²) >= 11 is 5.86. The van der Waals surface area contributed by atoms with Crippen LogP contribution in [-0.4, -0.2) is 16.3 Å². The van der Waals surface area contributed by atoms with Crippen LogP contribution >= 0.6 is 11.6 Å². The van der Waals surface area contributed by atoms with Gasteiger partial charge in [-0.25, -0.2) is 4.68 Å². The third-order valence-electron chi connectivity index (χ3n) is 2.26. The monoisotopic (exact) mass is 249 g/mol. The molecule has 1 aromatic carbocycles. The molecule has 0 saturated heterocycles. The van der Waals surface area contributed by atoms with Crippen LogP contribution in [0, 0.1) is 0 Å². The van der Waals surface area contributed by atoms with Crippen LogP contribution in [0.15, 0.2) is 47.4 Å². The molecule has 88 valence electrons. The maximum Gasteiger partial charge on any atom is 0.266 e. The van der Waals surface area contributed by atoms with Crippen molar-refractivity contribution in [2.75, 3.05) is 11.9 Å². The van der Waals surface area contributed by atoms with Crippen molar-refractivity contribution >= 4 is 17.3 Å². The molecule has 0 aliphatic rings. The lowest BCUT2D eigenvalue weighted by molar-refractivity contribution is 0.597. The Morgan fingerprint density at radius 3 is 2.94 bits per heavy atom. The Morgan fingerprint density at radius 2 is 2.18 bits per heavy atom. The zero-order chi connectivity index (χ0) is 12.1. The summed E-state index contributed by atoms with van der Waals surface area (Å²) in [5, 5.41) is 7.83. The molecule has 0 aliphatic heterocycles. The summed E-state index contributed by atoms with van der Waals surface area (Å²) in [7, 11) is 0. The zero-order valence-corrected chi connectivity index (χ0v) is 9.89. The molecule has 2 aromatic rings. The topological polar surface area (TPSA) is 46.9 Å². The van der Waals surface area contributed by atoms with Crippen molar-refractivity contribution in [3.8, 4) is 0 Å². The normalized spacial score (nSPS) is 10.2. The Morgan fingerprint density at radius 1 is 1.29 bits per heavy atom. The van der Waals surface area contributed by atoms with Gasteiger partial charge in [0.2, 0.25) is 0 Å². The molecule has 1 aromatic heterocycles. The van der Waals surface area contributed by atoms with Gasteiger partial charge in [0.1, 0.15) is 0 Å². The van der Waals surface area contributed by atoms with Gasteiger partial charge in [-0.1, -0.05) is 17.7 Å². The third-order valence-corrected chi connectivity index (χ3v) is 2.50. The standard InChI is InChI=1S/C12H12ClN3O/c13-10-3-1-4-11(9-10)14-7-8-16-12(17)5-2-6-15-16/h1-6,9,14H,7-8H2. The van der Waals surface area contributed by atoms with E-state index in [-0.39, 0.29) is 5.56 Å². The molecule has 4 nitrogen and oxygen atoms in total. The number of anilines is 1. The van der Waals surface area contributed by atoms with Crippen LogP contribution in [0.25, 0.3) is 0 Å². The van der Waals surface area contributed by atoms with E-state index in [2.05, 4.69) is 10.4 Å². The number of rotatable bonds is 4. The summed E-state index contributed by atoms with van der Waals surface area (Å²) in [5.74, 6) is 0. The number of nitrogens with zero attached hydrogens (tertiary/aromatic N) is 2. The van der Waals surface area contributed by atoms with Crippen LogP contribution in [0.3, 0.4) is 0 Å². The summed E-state index contributed by atoms with van der Waals surface area (Å²) in [5.41, 5.74) is 0.835. The van der Waals surface area contributed by atoms with Crippen LogP contribution in [0.4, 0.5) is 5.69 Å². The number of hydrogen-bond acceptors (Lipinski definition) is 3. The van der Waals surface area contributed by atoms with Crippen LogP contribution in [0.5, 0.6) is 0 Å². The molecule has 0 radical (unpaired) electrons. The molecule has 0 amide bonds. The molecule has 1 N–H and O–H groups in total. The molecule has 5 heteroatoms. The third kappa shape index (κ3) is 3.32. The minimum absolute atomic E-state index is 0.0969. The number of benzene rings is 1. The highest BCUT2D eigenvalue weighted by molar-refractivity contribution is 6.30. The van der Waals surface area contributed by atoms with Gasteiger partial charge >= 0.3 is 0 Å². The molecular formula is C12H12ClN3O. The average molecular weight is 250 g/mol. The van der Waals surface area contributed by atoms with Gasteiger partial charge in [0.25, 0.3) is 5.56 Å². The number of aromatic nitrogens is 2. The molecule has 17 heavy (non-hydrogen) atoms. The lowest BCUT2D eigenvalue weighted by Gasteiger charge is -2.07.